The molecule has 1 aliphatic rings. The Hall–Kier alpha value is -2.80. The van der Waals surface area contributed by atoms with Crippen molar-refractivity contribution in [2.24, 2.45) is 0 Å². The zero-order valence-electron chi connectivity index (χ0n) is 13.5. The molecule has 126 valence electrons. The van der Waals surface area contributed by atoms with Crippen LogP contribution < -0.4 is 10.1 Å². The lowest BCUT2D eigenvalue weighted by Crippen LogP contribution is -2.12. The fourth-order valence-electron chi connectivity index (χ4n) is 2.86. The number of hydrogen-bond acceptors (Lipinski definition) is 5. The second kappa shape index (κ2) is 6.60. The van der Waals surface area contributed by atoms with Crippen molar-refractivity contribution in [3.63, 3.8) is 0 Å². The predicted molar refractivity (Wildman–Crippen MR) is 97.3 cm³/mol. The van der Waals surface area contributed by atoms with Gasteiger partial charge in [-0.05, 0) is 23.8 Å². The zero-order chi connectivity index (χ0) is 17.2. The summed E-state index contributed by atoms with van der Waals surface area (Å²) in [6.07, 6.45) is 5.31. The summed E-state index contributed by atoms with van der Waals surface area (Å²) in [4.78, 5) is 20.7. The smallest absolute Gasteiger partial charge is 0.235 e. The normalized spacial score (nSPS) is 16.7. The van der Waals surface area contributed by atoms with Gasteiger partial charge >= 0.3 is 0 Å². The summed E-state index contributed by atoms with van der Waals surface area (Å²) in [5.74, 6) is 1.68. The van der Waals surface area contributed by atoms with Gasteiger partial charge in [-0.3, -0.25) is 14.3 Å². The molecule has 1 unspecified atom stereocenters. The quantitative estimate of drug-likeness (QED) is 0.785. The molecule has 0 saturated carbocycles. The molecule has 3 heterocycles. The minimum atomic E-state index is -0.0477. The van der Waals surface area contributed by atoms with E-state index in [4.69, 9.17) is 4.74 Å². The first-order chi connectivity index (χ1) is 12.3. The van der Waals surface area contributed by atoms with Gasteiger partial charge in [-0.25, -0.2) is 4.98 Å². The lowest BCUT2D eigenvalue weighted by atomic mass is 10.1. The third-order valence-electron chi connectivity index (χ3n) is 4.01. The lowest BCUT2D eigenvalue weighted by molar-refractivity contribution is -0.113. The Kier molecular flexibility index (Phi) is 4.15. The summed E-state index contributed by atoms with van der Waals surface area (Å²) >= 11 is 1.57. The molecule has 6 nitrogen and oxygen atoms in total. The van der Waals surface area contributed by atoms with Gasteiger partial charge in [-0.15, -0.1) is 11.8 Å². The van der Waals surface area contributed by atoms with Crippen LogP contribution in [0, 0.1) is 0 Å². The number of fused-ring (bicyclic) bond motifs is 1. The SMILES string of the molecule is COc1cccc(-n2cnc3c2C(c2cccnc2)SCC(=O)N3)c1. The maximum atomic E-state index is 12.1. The van der Waals surface area contributed by atoms with E-state index in [0.717, 1.165) is 22.7 Å². The number of hydrogen-bond donors (Lipinski definition) is 1. The van der Waals surface area contributed by atoms with Crippen molar-refractivity contribution >= 4 is 23.5 Å². The molecular formula is C18H16N4O2S. The molecule has 3 aromatic rings. The molecule has 0 saturated heterocycles. The number of nitrogens with one attached hydrogen (secondary N) is 1. The van der Waals surface area contributed by atoms with Crippen LogP contribution in [0.3, 0.4) is 0 Å². The van der Waals surface area contributed by atoms with E-state index in [9.17, 15) is 4.79 Å². The van der Waals surface area contributed by atoms with Gasteiger partial charge in [0.05, 0.1) is 29.5 Å². The van der Waals surface area contributed by atoms with Crippen molar-refractivity contribution in [1.29, 1.82) is 0 Å². The highest BCUT2D eigenvalue weighted by Crippen LogP contribution is 2.41. The molecule has 1 atom stereocenters. The van der Waals surface area contributed by atoms with E-state index in [0.29, 0.717) is 11.6 Å². The van der Waals surface area contributed by atoms with E-state index in [-0.39, 0.29) is 11.2 Å². The van der Waals surface area contributed by atoms with Crippen molar-refractivity contribution in [1.82, 2.24) is 14.5 Å². The number of imidazole rings is 1. The minimum Gasteiger partial charge on any atom is -0.497 e. The maximum absolute atomic E-state index is 12.1. The van der Waals surface area contributed by atoms with Gasteiger partial charge in [-0.2, -0.15) is 0 Å². The van der Waals surface area contributed by atoms with Crippen molar-refractivity contribution in [3.8, 4) is 11.4 Å². The Labute approximate surface area is 149 Å². The van der Waals surface area contributed by atoms with Crippen LogP contribution in [0.15, 0.2) is 55.1 Å². The number of pyridine rings is 1. The molecule has 1 amide bonds. The molecule has 1 aliphatic heterocycles. The van der Waals surface area contributed by atoms with Crippen LogP contribution in [-0.4, -0.2) is 33.3 Å². The lowest BCUT2D eigenvalue weighted by Gasteiger charge is -2.18. The van der Waals surface area contributed by atoms with Crippen LogP contribution in [0.5, 0.6) is 5.75 Å². The van der Waals surface area contributed by atoms with Gasteiger partial charge < -0.3 is 10.1 Å². The summed E-state index contributed by atoms with van der Waals surface area (Å²) in [5.41, 5.74) is 2.89. The largest absolute Gasteiger partial charge is 0.497 e. The maximum Gasteiger partial charge on any atom is 0.235 e. The highest BCUT2D eigenvalue weighted by atomic mass is 32.2. The molecule has 1 N–H and O–H groups in total. The highest BCUT2D eigenvalue weighted by Gasteiger charge is 2.29. The van der Waals surface area contributed by atoms with Crippen LogP contribution >= 0.6 is 11.8 Å². The molecule has 7 heteroatoms. The molecule has 0 radical (unpaired) electrons. The van der Waals surface area contributed by atoms with Crippen molar-refractivity contribution in [3.05, 3.63) is 66.4 Å². The molecule has 0 spiro atoms. The first-order valence-corrected chi connectivity index (χ1v) is 8.84. The number of anilines is 1. The fourth-order valence-corrected chi connectivity index (χ4v) is 3.97. The zero-order valence-corrected chi connectivity index (χ0v) is 14.4. The molecule has 25 heavy (non-hydrogen) atoms. The Morgan fingerprint density at radius 2 is 2.24 bits per heavy atom. The number of thioether (sulfide) groups is 1. The molecular weight excluding hydrogens is 336 g/mol. The van der Waals surface area contributed by atoms with Gasteiger partial charge in [0, 0.05) is 18.5 Å². The number of methoxy groups -OCH3 is 1. The Morgan fingerprint density at radius 3 is 3.04 bits per heavy atom. The third kappa shape index (κ3) is 2.98. The summed E-state index contributed by atoms with van der Waals surface area (Å²) in [5, 5.41) is 2.85. The standard InChI is InChI=1S/C18H16N4O2S/c1-24-14-6-2-5-13(8-14)22-11-20-18-16(22)17(25-10-15(23)21-18)12-4-3-7-19-9-12/h2-9,11,17H,10H2,1H3,(H,21,23). The molecule has 0 fully saturated rings. The van der Waals surface area contributed by atoms with Crippen LogP contribution in [0.25, 0.3) is 5.69 Å². The number of carbonyl (C=O) groups is 1. The first-order valence-electron chi connectivity index (χ1n) is 7.79. The minimum absolute atomic E-state index is 0.0450. The van der Waals surface area contributed by atoms with Gasteiger partial charge in [0.2, 0.25) is 5.91 Å². The van der Waals surface area contributed by atoms with Gasteiger partial charge in [0.15, 0.2) is 5.82 Å². The summed E-state index contributed by atoms with van der Waals surface area (Å²) in [6.45, 7) is 0. The number of amides is 1. The third-order valence-corrected chi connectivity index (χ3v) is 5.27. The van der Waals surface area contributed by atoms with Crippen LogP contribution in [0.2, 0.25) is 0 Å². The Balaban J connectivity index is 1.87. The number of carbonyl (C=O) groups excluding carboxylic acids is 1. The van der Waals surface area contributed by atoms with E-state index in [1.807, 2.05) is 47.2 Å². The average molecular weight is 352 g/mol. The summed E-state index contributed by atoms with van der Waals surface area (Å²) < 4.78 is 7.33. The van der Waals surface area contributed by atoms with E-state index < -0.39 is 0 Å². The molecule has 1 aromatic carbocycles. The number of benzene rings is 1. The van der Waals surface area contributed by atoms with Crippen molar-refractivity contribution in [2.75, 3.05) is 18.2 Å². The van der Waals surface area contributed by atoms with Crippen LogP contribution in [0.1, 0.15) is 16.5 Å². The second-order valence-electron chi connectivity index (χ2n) is 5.58. The topological polar surface area (TPSA) is 69.0 Å². The van der Waals surface area contributed by atoms with E-state index >= 15 is 0 Å². The highest BCUT2D eigenvalue weighted by molar-refractivity contribution is 8.00. The predicted octanol–water partition coefficient (Wildman–Crippen LogP) is 3.05. The molecule has 2 aromatic heterocycles. The van der Waals surface area contributed by atoms with Gasteiger partial charge in [0.25, 0.3) is 0 Å². The molecule has 4 rings (SSSR count). The van der Waals surface area contributed by atoms with Crippen molar-refractivity contribution < 1.29 is 9.53 Å². The van der Waals surface area contributed by atoms with Crippen LogP contribution in [-0.2, 0) is 4.79 Å². The van der Waals surface area contributed by atoms with E-state index in [1.54, 1.807) is 31.4 Å². The van der Waals surface area contributed by atoms with E-state index in [2.05, 4.69) is 15.3 Å². The van der Waals surface area contributed by atoms with E-state index in [1.165, 1.54) is 0 Å². The molecule has 0 bridgehead atoms. The number of aromatic nitrogens is 3. The Morgan fingerprint density at radius 1 is 1.32 bits per heavy atom. The van der Waals surface area contributed by atoms with Gasteiger partial charge in [0.1, 0.15) is 12.1 Å². The number of nitrogens with zero attached hydrogens (tertiary/aromatic N) is 3. The van der Waals surface area contributed by atoms with Crippen molar-refractivity contribution in [2.45, 2.75) is 5.25 Å². The summed E-state index contributed by atoms with van der Waals surface area (Å²) in [6, 6.07) is 11.7. The van der Waals surface area contributed by atoms with Gasteiger partial charge in [-0.1, -0.05) is 12.1 Å². The summed E-state index contributed by atoms with van der Waals surface area (Å²) in [7, 11) is 1.64. The second-order valence-corrected chi connectivity index (χ2v) is 6.67. The number of ether oxygens (including phenoxy) is 1. The van der Waals surface area contributed by atoms with Crippen LogP contribution in [0.4, 0.5) is 5.82 Å². The number of rotatable bonds is 3. The molecule has 0 aliphatic carbocycles. The first kappa shape index (κ1) is 15.7. The monoisotopic (exact) mass is 352 g/mol. The Bertz CT molecular complexity index is 910. The fraction of sp³-hybridized carbons (Fsp3) is 0.167. The average Bonchev–Trinajstić information content (AvgIpc) is 2.98.